The molecule has 0 saturated carbocycles. The number of likely N-dealkylation sites (N-methyl/N-ethyl adjacent to an activating group) is 1. The Labute approximate surface area is 148 Å². The zero-order valence-electron chi connectivity index (χ0n) is 14.1. The van der Waals surface area contributed by atoms with Gasteiger partial charge in [-0.15, -0.1) is 0 Å². The molecular formula is C20H20N2O2S. The number of nitrogens with one attached hydrogen (secondary N) is 1. The van der Waals surface area contributed by atoms with Gasteiger partial charge in [0.05, 0.1) is 10.6 Å². The molecule has 3 aromatic rings. The van der Waals surface area contributed by atoms with Gasteiger partial charge in [-0.3, -0.25) is 4.72 Å². The van der Waals surface area contributed by atoms with Crippen molar-refractivity contribution in [2.45, 2.75) is 17.9 Å². The van der Waals surface area contributed by atoms with Crippen molar-refractivity contribution in [3.63, 3.8) is 0 Å². The van der Waals surface area contributed by atoms with Crippen LogP contribution in [-0.4, -0.2) is 26.9 Å². The number of nitrogens with zero attached hydrogens (tertiary/aromatic N) is 1. The van der Waals surface area contributed by atoms with Crippen molar-refractivity contribution in [3.05, 3.63) is 71.8 Å². The second kappa shape index (κ2) is 6.17. The summed E-state index contributed by atoms with van der Waals surface area (Å²) in [5, 5.41) is 1.65. The van der Waals surface area contributed by atoms with E-state index < -0.39 is 10.0 Å². The van der Waals surface area contributed by atoms with E-state index in [1.807, 2.05) is 42.5 Å². The summed E-state index contributed by atoms with van der Waals surface area (Å²) in [7, 11) is -1.60. The van der Waals surface area contributed by atoms with Gasteiger partial charge in [-0.1, -0.05) is 48.5 Å². The van der Waals surface area contributed by atoms with Gasteiger partial charge in [0.1, 0.15) is 0 Å². The fraction of sp³-hybridized carbons (Fsp3) is 0.200. The molecule has 0 amide bonds. The topological polar surface area (TPSA) is 49.4 Å². The van der Waals surface area contributed by atoms with Crippen LogP contribution in [0.5, 0.6) is 0 Å². The Morgan fingerprint density at radius 1 is 0.960 bits per heavy atom. The van der Waals surface area contributed by atoms with Crippen LogP contribution >= 0.6 is 0 Å². The Kier molecular flexibility index (Phi) is 3.98. The molecule has 1 heterocycles. The molecule has 0 saturated heterocycles. The summed E-state index contributed by atoms with van der Waals surface area (Å²) in [6.07, 6.45) is 0.940. The molecular weight excluding hydrogens is 332 g/mol. The minimum absolute atomic E-state index is 0.312. The van der Waals surface area contributed by atoms with Gasteiger partial charge < -0.3 is 4.90 Å². The molecule has 4 nitrogen and oxygen atoms in total. The van der Waals surface area contributed by atoms with E-state index in [1.165, 1.54) is 5.56 Å². The number of anilines is 1. The Hall–Kier alpha value is -2.37. The third-order valence-electron chi connectivity index (χ3n) is 4.75. The average molecular weight is 352 g/mol. The summed E-state index contributed by atoms with van der Waals surface area (Å²) in [5.74, 6) is 0. The number of hydrogen-bond acceptors (Lipinski definition) is 3. The fourth-order valence-electron chi connectivity index (χ4n) is 3.44. The first-order valence-electron chi connectivity index (χ1n) is 8.34. The summed E-state index contributed by atoms with van der Waals surface area (Å²) in [6, 6.07) is 18.8. The van der Waals surface area contributed by atoms with Crippen molar-refractivity contribution < 1.29 is 8.42 Å². The first kappa shape index (κ1) is 16.1. The monoisotopic (exact) mass is 352 g/mol. The van der Waals surface area contributed by atoms with Crippen LogP contribution < -0.4 is 4.72 Å². The highest BCUT2D eigenvalue weighted by molar-refractivity contribution is 7.93. The second-order valence-corrected chi connectivity index (χ2v) is 8.16. The van der Waals surface area contributed by atoms with Crippen molar-refractivity contribution in [2.75, 3.05) is 18.3 Å². The molecule has 3 aromatic carbocycles. The van der Waals surface area contributed by atoms with Crippen LogP contribution in [0.15, 0.2) is 65.6 Å². The highest BCUT2D eigenvalue weighted by Crippen LogP contribution is 2.29. The lowest BCUT2D eigenvalue weighted by molar-refractivity contribution is 0.313. The van der Waals surface area contributed by atoms with Gasteiger partial charge in [-0.25, -0.2) is 8.42 Å². The van der Waals surface area contributed by atoms with Crippen LogP contribution in [0.4, 0.5) is 5.69 Å². The highest BCUT2D eigenvalue weighted by Gasteiger charge is 2.22. The molecule has 1 aliphatic heterocycles. The Morgan fingerprint density at radius 2 is 1.72 bits per heavy atom. The maximum atomic E-state index is 13.1. The third kappa shape index (κ3) is 3.01. The van der Waals surface area contributed by atoms with Gasteiger partial charge in [0.25, 0.3) is 10.0 Å². The zero-order valence-corrected chi connectivity index (χ0v) is 14.9. The maximum absolute atomic E-state index is 13.1. The number of hydrogen-bond donors (Lipinski definition) is 1. The van der Waals surface area contributed by atoms with E-state index in [0.29, 0.717) is 10.6 Å². The van der Waals surface area contributed by atoms with Crippen LogP contribution in [-0.2, 0) is 23.0 Å². The molecule has 0 spiro atoms. The van der Waals surface area contributed by atoms with E-state index in [9.17, 15) is 8.42 Å². The summed E-state index contributed by atoms with van der Waals surface area (Å²) < 4.78 is 28.9. The van der Waals surface area contributed by atoms with E-state index in [2.05, 4.69) is 22.7 Å². The van der Waals surface area contributed by atoms with Crippen molar-refractivity contribution in [2.24, 2.45) is 0 Å². The Balaban J connectivity index is 1.78. The SMILES string of the molecule is CN1CCc2cccc(NS(=O)(=O)c3cccc4ccccc34)c2C1. The number of sulfonamides is 1. The van der Waals surface area contributed by atoms with Crippen molar-refractivity contribution in [3.8, 4) is 0 Å². The molecule has 0 bridgehead atoms. The maximum Gasteiger partial charge on any atom is 0.262 e. The van der Waals surface area contributed by atoms with Gasteiger partial charge >= 0.3 is 0 Å². The van der Waals surface area contributed by atoms with E-state index >= 15 is 0 Å². The van der Waals surface area contributed by atoms with E-state index in [1.54, 1.807) is 12.1 Å². The van der Waals surface area contributed by atoms with E-state index in [4.69, 9.17) is 0 Å². The van der Waals surface area contributed by atoms with E-state index in [0.717, 1.165) is 35.8 Å². The molecule has 0 fully saturated rings. The molecule has 1 aliphatic rings. The average Bonchev–Trinajstić information content (AvgIpc) is 2.61. The van der Waals surface area contributed by atoms with Crippen molar-refractivity contribution in [1.82, 2.24) is 4.90 Å². The van der Waals surface area contributed by atoms with Gasteiger partial charge in [-0.2, -0.15) is 0 Å². The van der Waals surface area contributed by atoms with Crippen molar-refractivity contribution >= 4 is 26.5 Å². The van der Waals surface area contributed by atoms with E-state index in [-0.39, 0.29) is 0 Å². The molecule has 0 aliphatic carbocycles. The lowest BCUT2D eigenvalue weighted by atomic mass is 9.99. The molecule has 25 heavy (non-hydrogen) atoms. The zero-order chi connectivity index (χ0) is 17.4. The fourth-order valence-corrected chi connectivity index (χ4v) is 4.77. The minimum atomic E-state index is -3.66. The van der Waals surface area contributed by atoms with Gasteiger partial charge in [0, 0.05) is 18.5 Å². The Bertz CT molecular complexity index is 1040. The summed E-state index contributed by atoms with van der Waals surface area (Å²) in [5.41, 5.74) is 2.97. The first-order chi connectivity index (χ1) is 12.0. The molecule has 128 valence electrons. The van der Waals surface area contributed by atoms with Gasteiger partial charge in [0.2, 0.25) is 0 Å². The third-order valence-corrected chi connectivity index (χ3v) is 6.17. The largest absolute Gasteiger partial charge is 0.302 e. The lowest BCUT2D eigenvalue weighted by Crippen LogP contribution is -2.28. The van der Waals surface area contributed by atoms with Crippen LogP contribution in [0.2, 0.25) is 0 Å². The van der Waals surface area contributed by atoms with Crippen molar-refractivity contribution in [1.29, 1.82) is 0 Å². The van der Waals surface area contributed by atoms with Gasteiger partial charge in [0.15, 0.2) is 0 Å². The summed E-state index contributed by atoms with van der Waals surface area (Å²) in [6.45, 7) is 1.75. The number of rotatable bonds is 3. The standard InChI is InChI=1S/C20H20N2O2S/c1-22-13-12-16-7-4-10-19(18(16)14-22)21-25(23,24)20-11-5-8-15-6-2-3-9-17(15)20/h2-11,21H,12-14H2,1H3. The summed E-state index contributed by atoms with van der Waals surface area (Å²) >= 11 is 0. The molecule has 0 atom stereocenters. The van der Waals surface area contributed by atoms with Crippen LogP contribution in [0.25, 0.3) is 10.8 Å². The lowest BCUT2D eigenvalue weighted by Gasteiger charge is -2.27. The number of fused-ring (bicyclic) bond motifs is 2. The number of benzene rings is 3. The summed E-state index contributed by atoms with van der Waals surface area (Å²) in [4.78, 5) is 2.52. The molecule has 0 unspecified atom stereocenters. The first-order valence-corrected chi connectivity index (χ1v) is 9.83. The van der Waals surface area contributed by atoms with Crippen LogP contribution in [0.1, 0.15) is 11.1 Å². The van der Waals surface area contributed by atoms with Crippen LogP contribution in [0, 0.1) is 0 Å². The molecule has 5 heteroatoms. The quantitative estimate of drug-likeness (QED) is 0.783. The smallest absolute Gasteiger partial charge is 0.262 e. The predicted octanol–water partition coefficient (Wildman–Crippen LogP) is 3.63. The molecule has 0 radical (unpaired) electrons. The predicted molar refractivity (Wildman–Crippen MR) is 101 cm³/mol. The van der Waals surface area contributed by atoms with Crippen LogP contribution in [0.3, 0.4) is 0 Å². The second-order valence-electron chi connectivity index (χ2n) is 6.51. The normalized spacial score (nSPS) is 15.1. The Morgan fingerprint density at radius 3 is 2.60 bits per heavy atom. The molecule has 1 N–H and O–H groups in total. The van der Waals surface area contributed by atoms with Gasteiger partial charge in [-0.05, 0) is 42.1 Å². The highest BCUT2D eigenvalue weighted by atomic mass is 32.2. The molecule has 4 rings (SSSR count). The molecule has 0 aromatic heterocycles. The minimum Gasteiger partial charge on any atom is -0.302 e.